The van der Waals surface area contributed by atoms with Gasteiger partial charge in [0, 0.05) is 24.7 Å². The summed E-state index contributed by atoms with van der Waals surface area (Å²) in [6.45, 7) is -5.63. The molecule has 0 N–H and O–H groups in total. The number of amides is 1. The molecule has 0 aromatic heterocycles. The van der Waals surface area contributed by atoms with E-state index in [1.807, 2.05) is 0 Å². The van der Waals surface area contributed by atoms with E-state index in [1.54, 1.807) is 17.0 Å². The first-order chi connectivity index (χ1) is 8.46. The average molecular weight is 297 g/mol. The fourth-order valence-electron chi connectivity index (χ4n) is 1.85. The van der Waals surface area contributed by atoms with Crippen LogP contribution in [0.15, 0.2) is 24.3 Å². The van der Waals surface area contributed by atoms with Gasteiger partial charge in [-0.3, -0.25) is 4.79 Å². The van der Waals surface area contributed by atoms with Crippen molar-refractivity contribution >= 4 is 18.6 Å². The van der Waals surface area contributed by atoms with Crippen LogP contribution in [0.4, 0.5) is 18.6 Å². The molecule has 0 bridgehead atoms. The normalized spacial score (nSPS) is 15.3. The molecule has 1 amide bonds. The maximum Gasteiger partial charge on any atom is 1.00 e. The summed E-state index contributed by atoms with van der Waals surface area (Å²) in [7, 11) is 0. The summed E-state index contributed by atoms with van der Waals surface area (Å²) in [6.07, 6.45) is 1.26. The smallest absolute Gasteiger partial charge is 0.522 e. The van der Waals surface area contributed by atoms with Gasteiger partial charge in [-0.2, -0.15) is 0 Å². The van der Waals surface area contributed by atoms with E-state index in [9.17, 15) is 17.7 Å². The van der Waals surface area contributed by atoms with Crippen molar-refractivity contribution in [1.82, 2.24) is 0 Å². The summed E-state index contributed by atoms with van der Waals surface area (Å²) in [5.41, 5.74) is 0.588. The van der Waals surface area contributed by atoms with Gasteiger partial charge in [0.1, 0.15) is 5.75 Å². The second-order valence-electron chi connectivity index (χ2n) is 4.17. The van der Waals surface area contributed by atoms with Crippen molar-refractivity contribution in [2.75, 3.05) is 18.0 Å². The van der Waals surface area contributed by atoms with Gasteiger partial charge in [-0.25, -0.2) is 0 Å². The zero-order chi connectivity index (χ0) is 13.2. The second kappa shape index (κ2) is 7.12. The molecule has 0 spiro atoms. The van der Waals surface area contributed by atoms with Crippen LogP contribution in [0.5, 0.6) is 5.75 Å². The number of carbonyl (C=O) groups is 1. The maximum absolute atomic E-state index is 12.1. The Morgan fingerprint density at radius 1 is 1.32 bits per heavy atom. The topological polar surface area (TPSA) is 29.5 Å². The molecular formula is C11H12BF3KNO2. The Morgan fingerprint density at radius 3 is 2.63 bits per heavy atom. The molecule has 1 heterocycles. The van der Waals surface area contributed by atoms with Gasteiger partial charge in [0.25, 0.3) is 0 Å². The number of benzene rings is 1. The Kier molecular flexibility index (Phi) is 6.39. The van der Waals surface area contributed by atoms with Gasteiger partial charge < -0.3 is 22.6 Å². The van der Waals surface area contributed by atoms with Gasteiger partial charge in [0.15, 0.2) is 0 Å². The minimum Gasteiger partial charge on any atom is -0.522 e. The summed E-state index contributed by atoms with van der Waals surface area (Å²) in [6, 6.07) is 6.19. The maximum atomic E-state index is 12.1. The van der Waals surface area contributed by atoms with Crippen LogP contribution in [-0.2, 0) is 4.79 Å². The predicted octanol–water partition coefficient (Wildman–Crippen LogP) is -0.417. The first-order valence-corrected chi connectivity index (χ1v) is 5.70. The first-order valence-electron chi connectivity index (χ1n) is 5.70. The van der Waals surface area contributed by atoms with Gasteiger partial charge in [-0.1, -0.05) is 6.07 Å². The number of ether oxygens (including phenoxy) is 1. The number of nitrogens with zero attached hydrogens (tertiary/aromatic N) is 1. The van der Waals surface area contributed by atoms with E-state index in [1.165, 1.54) is 12.1 Å². The molecule has 2 rings (SSSR count). The molecule has 1 aliphatic heterocycles. The molecular weight excluding hydrogens is 285 g/mol. The molecule has 8 heteroatoms. The second-order valence-corrected chi connectivity index (χ2v) is 4.17. The Labute approximate surface area is 152 Å². The minimum atomic E-state index is -4.97. The van der Waals surface area contributed by atoms with Crippen LogP contribution in [-0.4, -0.2) is 25.9 Å². The zero-order valence-corrected chi connectivity index (χ0v) is 13.7. The average Bonchev–Trinajstić information content (AvgIpc) is 2.72. The molecule has 3 nitrogen and oxygen atoms in total. The predicted molar refractivity (Wildman–Crippen MR) is 62.6 cm³/mol. The molecule has 1 aromatic carbocycles. The summed E-state index contributed by atoms with van der Waals surface area (Å²) >= 11 is 0. The van der Waals surface area contributed by atoms with Crippen LogP contribution < -0.4 is 61.0 Å². The number of hydrogen-bond acceptors (Lipinski definition) is 2. The molecule has 0 atom stereocenters. The number of carbonyl (C=O) groups excluding carboxylic acids is 1. The van der Waals surface area contributed by atoms with Gasteiger partial charge >= 0.3 is 58.4 Å². The van der Waals surface area contributed by atoms with Crippen molar-refractivity contribution < 1.29 is 73.9 Å². The molecule has 0 radical (unpaired) electrons. The molecule has 98 valence electrons. The SMILES string of the molecule is O=C1CCCN1c1cccc(OC[B-](F)(F)F)c1.[K+]. The number of rotatable bonds is 4. The third-order valence-electron chi connectivity index (χ3n) is 2.64. The van der Waals surface area contributed by atoms with Crippen molar-refractivity contribution in [3.8, 4) is 5.75 Å². The van der Waals surface area contributed by atoms with Crippen LogP contribution in [0.2, 0.25) is 0 Å². The van der Waals surface area contributed by atoms with Gasteiger partial charge in [0.2, 0.25) is 5.91 Å². The molecule has 0 unspecified atom stereocenters. The molecule has 1 saturated heterocycles. The van der Waals surface area contributed by atoms with Gasteiger partial charge in [0.05, 0.1) is 6.51 Å². The summed E-state index contributed by atoms with van der Waals surface area (Å²) in [5.74, 6) is 0.124. The van der Waals surface area contributed by atoms with Gasteiger partial charge in [-0.15, -0.1) is 0 Å². The Hall–Kier alpha value is -0.0187. The van der Waals surface area contributed by atoms with Crippen molar-refractivity contribution in [2.24, 2.45) is 0 Å². The van der Waals surface area contributed by atoms with E-state index in [-0.39, 0.29) is 63.0 Å². The largest absolute Gasteiger partial charge is 1.00 e. The zero-order valence-electron chi connectivity index (χ0n) is 10.6. The van der Waals surface area contributed by atoms with E-state index in [0.717, 1.165) is 6.42 Å². The molecule has 1 aromatic rings. The number of halogens is 3. The minimum absolute atomic E-state index is 0. The molecule has 0 aliphatic carbocycles. The van der Waals surface area contributed by atoms with Crippen molar-refractivity contribution in [1.29, 1.82) is 0 Å². The van der Waals surface area contributed by atoms with Crippen LogP contribution >= 0.6 is 0 Å². The third kappa shape index (κ3) is 5.11. The van der Waals surface area contributed by atoms with Crippen molar-refractivity contribution in [3.05, 3.63) is 24.3 Å². The van der Waals surface area contributed by atoms with E-state index < -0.39 is 13.5 Å². The van der Waals surface area contributed by atoms with Crippen LogP contribution in [0.25, 0.3) is 0 Å². The summed E-state index contributed by atoms with van der Waals surface area (Å²) < 4.78 is 40.9. The van der Waals surface area contributed by atoms with E-state index in [2.05, 4.69) is 4.74 Å². The van der Waals surface area contributed by atoms with Crippen LogP contribution in [0, 0.1) is 0 Å². The van der Waals surface area contributed by atoms with Gasteiger partial charge in [-0.05, 0) is 18.6 Å². The van der Waals surface area contributed by atoms with Crippen LogP contribution in [0.3, 0.4) is 0 Å². The fraction of sp³-hybridized carbons (Fsp3) is 0.364. The summed E-state index contributed by atoms with van der Waals surface area (Å²) in [5, 5.41) is 0. The first kappa shape index (κ1) is 17.0. The standard InChI is InChI=1S/C11H12BF3NO2.K/c13-12(14,15)8-18-10-4-1-3-9(7-10)16-6-2-5-11(16)17;/h1,3-4,7H,2,5-6,8H2;/q-1;+1. The van der Waals surface area contributed by atoms with E-state index >= 15 is 0 Å². The molecule has 19 heavy (non-hydrogen) atoms. The number of hydrogen-bond donors (Lipinski definition) is 0. The third-order valence-corrected chi connectivity index (χ3v) is 2.64. The number of anilines is 1. The quantitative estimate of drug-likeness (QED) is 0.707. The van der Waals surface area contributed by atoms with Crippen molar-refractivity contribution in [3.63, 3.8) is 0 Å². The Morgan fingerprint density at radius 2 is 2.05 bits per heavy atom. The Bertz CT molecular complexity index is 456. The Balaban J connectivity index is 0.00000180. The molecule has 0 saturated carbocycles. The molecule has 1 fully saturated rings. The van der Waals surface area contributed by atoms with E-state index in [4.69, 9.17) is 0 Å². The fourth-order valence-corrected chi connectivity index (χ4v) is 1.85. The van der Waals surface area contributed by atoms with Crippen LogP contribution in [0.1, 0.15) is 12.8 Å². The monoisotopic (exact) mass is 297 g/mol. The van der Waals surface area contributed by atoms with E-state index in [0.29, 0.717) is 18.7 Å². The molecule has 1 aliphatic rings. The summed E-state index contributed by atoms with van der Waals surface area (Å²) in [4.78, 5) is 13.1. The van der Waals surface area contributed by atoms with Crippen molar-refractivity contribution in [2.45, 2.75) is 12.8 Å².